The van der Waals surface area contributed by atoms with Crippen LogP contribution < -0.4 is 0 Å². The summed E-state index contributed by atoms with van der Waals surface area (Å²) in [5, 5.41) is 0. The van der Waals surface area contributed by atoms with Gasteiger partial charge in [0.25, 0.3) is 0 Å². The second-order valence-electron chi connectivity index (χ2n) is 11.3. The van der Waals surface area contributed by atoms with E-state index < -0.39 is 71.9 Å². The summed E-state index contributed by atoms with van der Waals surface area (Å²) in [6, 6.07) is 0. The van der Waals surface area contributed by atoms with Gasteiger partial charge in [-0.1, -0.05) is 13.8 Å². The molecule has 0 spiro atoms. The van der Waals surface area contributed by atoms with Gasteiger partial charge in [-0.2, -0.15) is 13.2 Å². The SMILES string of the molecule is CC(CC(CC1C(=O)OC(=O)C1C1C2CCC(C2)C1C)C(=O)OC(C)C(F)(F)F)C(=O)OC1COC(=O)C1. The first-order chi connectivity index (χ1) is 17.8. The number of fused-ring (bicyclic) bond motifs is 2. The highest BCUT2D eigenvalue weighted by molar-refractivity contribution is 5.97. The molecule has 2 aliphatic carbocycles. The van der Waals surface area contributed by atoms with Crippen LogP contribution in [0.5, 0.6) is 0 Å². The average molecular weight is 547 g/mol. The lowest BCUT2D eigenvalue weighted by molar-refractivity contribution is -0.219. The highest BCUT2D eigenvalue weighted by atomic mass is 19.4. The zero-order valence-corrected chi connectivity index (χ0v) is 21.5. The summed E-state index contributed by atoms with van der Waals surface area (Å²) in [6.07, 6.45) is -5.77. The predicted molar refractivity (Wildman–Crippen MR) is 121 cm³/mol. The molecule has 38 heavy (non-hydrogen) atoms. The number of carbonyl (C=O) groups is 5. The molecular weight excluding hydrogens is 513 g/mol. The van der Waals surface area contributed by atoms with E-state index in [1.165, 1.54) is 6.92 Å². The van der Waals surface area contributed by atoms with Crippen LogP contribution in [-0.2, 0) is 42.9 Å². The Labute approximate surface area is 218 Å². The van der Waals surface area contributed by atoms with Crippen LogP contribution in [0.15, 0.2) is 0 Å². The number of carbonyl (C=O) groups excluding carboxylic acids is 5. The maximum atomic E-state index is 13.1. The zero-order chi connectivity index (χ0) is 27.9. The van der Waals surface area contributed by atoms with Crippen molar-refractivity contribution in [2.24, 2.45) is 47.3 Å². The first-order valence-corrected chi connectivity index (χ1v) is 13.1. The highest BCUT2D eigenvalue weighted by Crippen LogP contribution is 2.57. The molecule has 0 aromatic rings. The standard InChI is InChI=1S/C26H33F3O9/c1-11(22(31)37-17-9-19(30)35-10-17)6-16(23(32)36-13(3)26(27,28)29)8-18-21(25(34)38-24(18)33)20-12(2)14-4-5-15(20)7-14/h11-18,20-21H,4-10H2,1-3H3. The van der Waals surface area contributed by atoms with E-state index in [1.807, 2.05) is 6.92 Å². The molecule has 0 amide bonds. The summed E-state index contributed by atoms with van der Waals surface area (Å²) in [7, 11) is 0. The third kappa shape index (κ3) is 5.83. The normalized spacial score (nSPS) is 35.0. The van der Waals surface area contributed by atoms with Crippen molar-refractivity contribution >= 4 is 29.8 Å². The van der Waals surface area contributed by atoms with Gasteiger partial charge in [0.15, 0.2) is 6.10 Å². The molecule has 0 N–H and O–H groups in total. The van der Waals surface area contributed by atoms with E-state index in [2.05, 4.69) is 0 Å². The van der Waals surface area contributed by atoms with Crippen LogP contribution in [0.3, 0.4) is 0 Å². The van der Waals surface area contributed by atoms with Crippen molar-refractivity contribution in [1.29, 1.82) is 0 Å². The minimum atomic E-state index is -4.80. The van der Waals surface area contributed by atoms with Gasteiger partial charge in [0.2, 0.25) is 0 Å². The van der Waals surface area contributed by atoms with Gasteiger partial charge >= 0.3 is 36.0 Å². The van der Waals surface area contributed by atoms with E-state index in [0.717, 1.165) is 19.3 Å². The molecule has 212 valence electrons. The summed E-state index contributed by atoms with van der Waals surface area (Å²) in [5.41, 5.74) is 0. The van der Waals surface area contributed by atoms with Crippen molar-refractivity contribution in [1.82, 2.24) is 0 Å². The molecule has 0 aromatic carbocycles. The van der Waals surface area contributed by atoms with Crippen LogP contribution in [0.4, 0.5) is 13.2 Å². The number of hydrogen-bond acceptors (Lipinski definition) is 9. The number of alkyl halides is 3. The Morgan fingerprint density at radius 1 is 1.05 bits per heavy atom. The first-order valence-electron chi connectivity index (χ1n) is 13.1. The molecule has 10 atom stereocenters. The van der Waals surface area contributed by atoms with E-state index >= 15 is 0 Å². The number of rotatable bonds is 9. The number of esters is 5. The number of halogens is 3. The van der Waals surface area contributed by atoms with Crippen molar-refractivity contribution in [2.45, 2.75) is 77.7 Å². The molecule has 0 radical (unpaired) electrons. The van der Waals surface area contributed by atoms with Crippen LogP contribution in [0, 0.1) is 47.3 Å². The second-order valence-corrected chi connectivity index (χ2v) is 11.3. The van der Waals surface area contributed by atoms with Gasteiger partial charge in [0.05, 0.1) is 30.1 Å². The van der Waals surface area contributed by atoms with Crippen molar-refractivity contribution in [3.05, 3.63) is 0 Å². The van der Waals surface area contributed by atoms with E-state index in [1.54, 1.807) is 0 Å². The van der Waals surface area contributed by atoms with E-state index in [0.29, 0.717) is 12.8 Å². The summed E-state index contributed by atoms with van der Waals surface area (Å²) < 4.78 is 59.1. The minimum absolute atomic E-state index is 0.106. The van der Waals surface area contributed by atoms with Gasteiger partial charge in [-0.05, 0) is 62.7 Å². The lowest BCUT2D eigenvalue weighted by Gasteiger charge is -2.34. The zero-order valence-electron chi connectivity index (χ0n) is 21.5. The summed E-state index contributed by atoms with van der Waals surface area (Å²) in [6.45, 7) is 4.05. The highest BCUT2D eigenvalue weighted by Gasteiger charge is 2.58. The molecule has 2 saturated carbocycles. The maximum Gasteiger partial charge on any atom is 0.425 e. The lowest BCUT2D eigenvalue weighted by atomic mass is 9.68. The molecule has 12 heteroatoms. The van der Waals surface area contributed by atoms with Crippen molar-refractivity contribution in [3.63, 3.8) is 0 Å². The van der Waals surface area contributed by atoms with Crippen molar-refractivity contribution in [2.75, 3.05) is 6.61 Å². The topological polar surface area (TPSA) is 122 Å². The summed E-state index contributed by atoms with van der Waals surface area (Å²) >= 11 is 0. The molecule has 2 saturated heterocycles. The van der Waals surface area contributed by atoms with Gasteiger partial charge in [0, 0.05) is 0 Å². The van der Waals surface area contributed by atoms with Gasteiger partial charge in [0.1, 0.15) is 12.7 Å². The van der Waals surface area contributed by atoms with E-state index in [-0.39, 0.29) is 43.6 Å². The fourth-order valence-electron chi connectivity index (χ4n) is 6.77. The Balaban J connectivity index is 1.51. The Bertz CT molecular complexity index is 978. The van der Waals surface area contributed by atoms with Crippen LogP contribution in [0.1, 0.15) is 59.3 Å². The lowest BCUT2D eigenvalue weighted by Crippen LogP contribution is -2.38. The van der Waals surface area contributed by atoms with Gasteiger partial charge in [-0.15, -0.1) is 0 Å². The van der Waals surface area contributed by atoms with Gasteiger partial charge in [-0.3, -0.25) is 24.0 Å². The fraction of sp³-hybridized carbons (Fsp3) is 0.808. The van der Waals surface area contributed by atoms with E-state index in [4.69, 9.17) is 18.9 Å². The Kier molecular flexibility index (Phi) is 8.09. The molecule has 9 nitrogen and oxygen atoms in total. The molecule has 4 rings (SSSR count). The predicted octanol–water partition coefficient (Wildman–Crippen LogP) is 3.37. The fourth-order valence-corrected chi connectivity index (χ4v) is 6.77. The molecule has 10 unspecified atom stereocenters. The smallest absolute Gasteiger partial charge is 0.425 e. The van der Waals surface area contributed by atoms with Crippen molar-refractivity contribution < 1.29 is 56.1 Å². The largest absolute Gasteiger partial charge is 0.462 e. The van der Waals surface area contributed by atoms with Crippen LogP contribution >= 0.6 is 0 Å². The Morgan fingerprint density at radius 2 is 1.74 bits per heavy atom. The maximum absolute atomic E-state index is 13.1. The monoisotopic (exact) mass is 546 g/mol. The van der Waals surface area contributed by atoms with Crippen LogP contribution in [0.25, 0.3) is 0 Å². The number of hydrogen-bond donors (Lipinski definition) is 0. The molecular formula is C26H33F3O9. The first kappa shape index (κ1) is 28.4. The molecule has 2 bridgehead atoms. The molecule has 0 aromatic heterocycles. The molecule has 2 aliphatic heterocycles. The molecule has 2 heterocycles. The quantitative estimate of drug-likeness (QED) is 0.243. The average Bonchev–Trinajstić information content (AvgIpc) is 3.58. The van der Waals surface area contributed by atoms with E-state index in [9.17, 15) is 37.1 Å². The van der Waals surface area contributed by atoms with Crippen LogP contribution in [0.2, 0.25) is 0 Å². The van der Waals surface area contributed by atoms with Gasteiger partial charge < -0.3 is 18.9 Å². The third-order valence-corrected chi connectivity index (χ3v) is 8.81. The van der Waals surface area contributed by atoms with Crippen molar-refractivity contribution in [3.8, 4) is 0 Å². The third-order valence-electron chi connectivity index (χ3n) is 8.81. The second kappa shape index (κ2) is 10.8. The molecule has 4 fully saturated rings. The minimum Gasteiger partial charge on any atom is -0.462 e. The summed E-state index contributed by atoms with van der Waals surface area (Å²) in [4.78, 5) is 62.4. The molecule has 4 aliphatic rings. The number of cyclic esters (lactones) is 3. The summed E-state index contributed by atoms with van der Waals surface area (Å²) in [5.74, 6) is -7.38. The Morgan fingerprint density at radius 3 is 2.32 bits per heavy atom. The number of ether oxygens (including phenoxy) is 4. The van der Waals surface area contributed by atoms with Crippen LogP contribution in [-0.4, -0.2) is 54.8 Å². The Hall–Kier alpha value is -2.66. The van der Waals surface area contributed by atoms with Gasteiger partial charge in [-0.25, -0.2) is 0 Å².